The molecule has 0 saturated carbocycles. The summed E-state index contributed by atoms with van der Waals surface area (Å²) in [5.74, 6) is -0.429. The molecule has 1 atom stereocenters. The number of rotatable bonds is 8. The topological polar surface area (TPSA) is 105 Å². The lowest BCUT2D eigenvalue weighted by Gasteiger charge is -2.16. The Morgan fingerprint density at radius 1 is 1.25 bits per heavy atom. The van der Waals surface area contributed by atoms with Gasteiger partial charge in [-0.15, -0.1) is 12.4 Å². The summed E-state index contributed by atoms with van der Waals surface area (Å²) in [5, 5.41) is 10.1. The van der Waals surface area contributed by atoms with E-state index in [9.17, 15) is 13.2 Å². The highest BCUT2D eigenvalue weighted by molar-refractivity contribution is 7.89. The van der Waals surface area contributed by atoms with Crippen LogP contribution in [0.4, 0.5) is 5.69 Å². The molecule has 8 nitrogen and oxygen atoms in total. The monoisotopic (exact) mass is 429 g/mol. The molecule has 1 aromatic heterocycles. The molecule has 10 heteroatoms. The fraction of sp³-hybridized carbons (Fsp3) is 0.444. The summed E-state index contributed by atoms with van der Waals surface area (Å²) in [6.07, 6.45) is 0. The van der Waals surface area contributed by atoms with Crippen LogP contribution in [-0.2, 0) is 28.4 Å². The number of hydrogen-bond donors (Lipinski definition) is 3. The van der Waals surface area contributed by atoms with E-state index >= 15 is 0 Å². The Balaban J connectivity index is 0.00000392. The lowest BCUT2D eigenvalue weighted by molar-refractivity contribution is -0.117. The third-order valence-corrected chi connectivity index (χ3v) is 6.07. The molecule has 1 aromatic carbocycles. The fourth-order valence-corrected chi connectivity index (χ4v) is 4.43. The van der Waals surface area contributed by atoms with Crippen molar-refractivity contribution in [1.82, 2.24) is 19.8 Å². The van der Waals surface area contributed by atoms with Gasteiger partial charge in [-0.05, 0) is 38.9 Å². The predicted octanol–water partition coefficient (Wildman–Crippen LogP) is 1.87. The summed E-state index contributed by atoms with van der Waals surface area (Å²) in [6.45, 7) is 8.24. The zero-order valence-electron chi connectivity index (χ0n) is 16.7. The number of nitrogens with zero attached hydrogens (tertiary/aromatic N) is 2. The Labute approximate surface area is 172 Å². The standard InChI is InChI=1S/C18H27N5O3S.ClH/c1-6-19-11-15-9-7-8-10-16(15)20-18(24)13(3)22-27(25,26)17-12(2)21-23(5)14(17)4;/h7-10,13,19,22H,6,11H2,1-5H3,(H,20,24);1H. The number of aryl methyl sites for hydroxylation is 2. The molecule has 0 bridgehead atoms. The molecule has 0 aliphatic heterocycles. The normalized spacial score (nSPS) is 12.3. The number of sulfonamides is 1. The minimum Gasteiger partial charge on any atom is -0.324 e. The number of carbonyl (C=O) groups excluding carboxylic acids is 1. The maximum Gasteiger partial charge on any atom is 0.244 e. The zero-order valence-corrected chi connectivity index (χ0v) is 18.4. The van der Waals surface area contributed by atoms with Crippen LogP contribution in [-0.4, -0.2) is 36.7 Å². The van der Waals surface area contributed by atoms with Gasteiger partial charge in [-0.1, -0.05) is 25.1 Å². The highest BCUT2D eigenvalue weighted by Gasteiger charge is 2.28. The van der Waals surface area contributed by atoms with Gasteiger partial charge in [0.05, 0.1) is 17.4 Å². The highest BCUT2D eigenvalue weighted by Crippen LogP contribution is 2.19. The Bertz CT molecular complexity index is 927. The molecule has 1 unspecified atom stereocenters. The average molecular weight is 430 g/mol. The molecule has 0 aliphatic rings. The molecule has 1 amide bonds. The first-order valence-electron chi connectivity index (χ1n) is 8.79. The molecule has 0 spiro atoms. The molecule has 0 radical (unpaired) electrons. The average Bonchev–Trinajstić information content (AvgIpc) is 2.86. The van der Waals surface area contributed by atoms with Crippen LogP contribution in [0.2, 0.25) is 0 Å². The van der Waals surface area contributed by atoms with E-state index in [0.717, 1.165) is 12.1 Å². The van der Waals surface area contributed by atoms with Gasteiger partial charge in [-0.2, -0.15) is 9.82 Å². The van der Waals surface area contributed by atoms with Gasteiger partial charge >= 0.3 is 0 Å². The number of nitrogens with one attached hydrogen (secondary N) is 3. The van der Waals surface area contributed by atoms with Crippen molar-refractivity contribution in [3.63, 3.8) is 0 Å². The first-order valence-corrected chi connectivity index (χ1v) is 10.3. The van der Waals surface area contributed by atoms with E-state index in [0.29, 0.717) is 23.6 Å². The molecular weight excluding hydrogens is 402 g/mol. The Morgan fingerprint density at radius 2 is 1.89 bits per heavy atom. The minimum atomic E-state index is -3.87. The molecule has 0 aliphatic carbocycles. The van der Waals surface area contributed by atoms with Crippen LogP contribution in [0.5, 0.6) is 0 Å². The SMILES string of the molecule is CCNCc1ccccc1NC(=O)C(C)NS(=O)(=O)c1c(C)nn(C)c1C.Cl. The van der Waals surface area contributed by atoms with Crippen molar-refractivity contribution in [2.45, 2.75) is 45.2 Å². The van der Waals surface area contributed by atoms with E-state index in [1.165, 1.54) is 11.6 Å². The zero-order chi connectivity index (χ0) is 20.2. The molecule has 28 heavy (non-hydrogen) atoms. The largest absolute Gasteiger partial charge is 0.324 e. The summed E-state index contributed by atoms with van der Waals surface area (Å²) in [7, 11) is -2.19. The van der Waals surface area contributed by atoms with Crippen molar-refractivity contribution in [1.29, 1.82) is 0 Å². The number of carbonyl (C=O) groups is 1. The van der Waals surface area contributed by atoms with Crippen molar-refractivity contribution in [3.05, 3.63) is 41.2 Å². The van der Waals surface area contributed by atoms with E-state index in [1.807, 2.05) is 25.1 Å². The summed E-state index contributed by atoms with van der Waals surface area (Å²) in [6, 6.07) is 6.47. The van der Waals surface area contributed by atoms with Crippen molar-refractivity contribution < 1.29 is 13.2 Å². The summed E-state index contributed by atoms with van der Waals surface area (Å²) >= 11 is 0. The van der Waals surface area contributed by atoms with Crippen LogP contribution in [0.25, 0.3) is 0 Å². The fourth-order valence-electron chi connectivity index (χ4n) is 2.79. The summed E-state index contributed by atoms with van der Waals surface area (Å²) < 4.78 is 29.4. The van der Waals surface area contributed by atoms with Gasteiger partial charge in [0, 0.05) is 19.3 Å². The third-order valence-electron chi connectivity index (χ3n) is 4.28. The molecular formula is C18H28ClN5O3S. The maximum absolute atomic E-state index is 12.7. The maximum atomic E-state index is 12.7. The first-order chi connectivity index (χ1) is 12.7. The van der Waals surface area contributed by atoms with E-state index in [2.05, 4.69) is 20.5 Å². The molecule has 2 aromatic rings. The molecule has 1 heterocycles. The van der Waals surface area contributed by atoms with Crippen LogP contribution < -0.4 is 15.4 Å². The smallest absolute Gasteiger partial charge is 0.244 e. The Hall–Kier alpha value is -1.94. The van der Waals surface area contributed by atoms with Gasteiger partial charge < -0.3 is 10.6 Å². The second-order valence-electron chi connectivity index (χ2n) is 6.39. The van der Waals surface area contributed by atoms with Crippen LogP contribution >= 0.6 is 12.4 Å². The van der Waals surface area contributed by atoms with Crippen LogP contribution in [0.3, 0.4) is 0 Å². The number of amides is 1. The van der Waals surface area contributed by atoms with Gasteiger partial charge in [0.2, 0.25) is 15.9 Å². The second-order valence-corrected chi connectivity index (χ2v) is 8.04. The molecule has 2 rings (SSSR count). The van der Waals surface area contributed by atoms with Crippen molar-refractivity contribution >= 4 is 34.0 Å². The Kier molecular flexibility index (Phi) is 8.62. The third kappa shape index (κ3) is 5.54. The van der Waals surface area contributed by atoms with E-state index in [-0.39, 0.29) is 17.3 Å². The van der Waals surface area contributed by atoms with E-state index in [4.69, 9.17) is 0 Å². The number of halogens is 1. The molecule has 156 valence electrons. The number of hydrogen-bond acceptors (Lipinski definition) is 5. The Morgan fingerprint density at radius 3 is 2.46 bits per heavy atom. The van der Waals surface area contributed by atoms with Crippen LogP contribution in [0, 0.1) is 13.8 Å². The van der Waals surface area contributed by atoms with Gasteiger partial charge in [0.1, 0.15) is 4.90 Å². The number of anilines is 1. The number of benzene rings is 1. The molecule has 0 fully saturated rings. The van der Waals surface area contributed by atoms with Gasteiger partial charge in [0.25, 0.3) is 0 Å². The number of para-hydroxylation sites is 1. The quantitative estimate of drug-likeness (QED) is 0.594. The minimum absolute atomic E-state index is 0. The summed E-state index contributed by atoms with van der Waals surface area (Å²) in [5.41, 5.74) is 2.50. The summed E-state index contributed by atoms with van der Waals surface area (Å²) in [4.78, 5) is 12.7. The van der Waals surface area contributed by atoms with Gasteiger partial charge in [-0.3, -0.25) is 9.48 Å². The van der Waals surface area contributed by atoms with E-state index in [1.54, 1.807) is 27.0 Å². The lowest BCUT2D eigenvalue weighted by Crippen LogP contribution is -2.42. The van der Waals surface area contributed by atoms with Crippen molar-refractivity contribution in [2.75, 3.05) is 11.9 Å². The second kappa shape index (κ2) is 10.0. The molecule has 0 saturated heterocycles. The van der Waals surface area contributed by atoms with Crippen LogP contribution in [0.15, 0.2) is 29.2 Å². The van der Waals surface area contributed by atoms with Gasteiger partial charge in [0.15, 0.2) is 0 Å². The van der Waals surface area contributed by atoms with E-state index < -0.39 is 22.0 Å². The molecule has 3 N–H and O–H groups in total. The van der Waals surface area contributed by atoms with Gasteiger partial charge in [-0.25, -0.2) is 8.42 Å². The van der Waals surface area contributed by atoms with Crippen LogP contribution in [0.1, 0.15) is 30.8 Å². The lowest BCUT2D eigenvalue weighted by atomic mass is 10.1. The predicted molar refractivity (Wildman–Crippen MR) is 112 cm³/mol. The van der Waals surface area contributed by atoms with Crippen molar-refractivity contribution in [3.8, 4) is 0 Å². The number of aromatic nitrogens is 2. The van der Waals surface area contributed by atoms with Crippen molar-refractivity contribution in [2.24, 2.45) is 7.05 Å². The first kappa shape index (κ1) is 24.1. The highest BCUT2D eigenvalue weighted by atomic mass is 35.5.